The monoisotopic (exact) mass is 265 g/mol. The summed E-state index contributed by atoms with van der Waals surface area (Å²) in [5.74, 6) is -0.812. The fourth-order valence-electron chi connectivity index (χ4n) is 2.28. The van der Waals surface area contributed by atoms with Crippen LogP contribution in [0, 0.1) is 0 Å². The van der Waals surface area contributed by atoms with Gasteiger partial charge in [0.05, 0.1) is 6.10 Å². The molecule has 1 unspecified atom stereocenters. The molecular formula is C14H19NO4. The maximum atomic E-state index is 12.2. The second-order valence-corrected chi connectivity index (χ2v) is 4.85. The van der Waals surface area contributed by atoms with Crippen molar-refractivity contribution < 1.29 is 19.7 Å². The molecule has 0 saturated carbocycles. The SMILES string of the molecule is CN(CC1CCCCO1)C(=O)c1c(O)cccc1O. The van der Waals surface area contributed by atoms with Gasteiger partial charge in [0.15, 0.2) is 0 Å². The summed E-state index contributed by atoms with van der Waals surface area (Å²) in [6, 6.07) is 4.27. The fourth-order valence-corrected chi connectivity index (χ4v) is 2.28. The van der Waals surface area contributed by atoms with E-state index in [2.05, 4.69) is 0 Å². The maximum Gasteiger partial charge on any atom is 0.261 e. The number of carbonyl (C=O) groups excluding carboxylic acids is 1. The minimum Gasteiger partial charge on any atom is -0.507 e. The van der Waals surface area contributed by atoms with E-state index in [4.69, 9.17) is 4.74 Å². The van der Waals surface area contributed by atoms with E-state index in [1.165, 1.54) is 23.1 Å². The smallest absolute Gasteiger partial charge is 0.261 e. The zero-order chi connectivity index (χ0) is 13.8. The molecule has 1 aromatic rings. The summed E-state index contributed by atoms with van der Waals surface area (Å²) in [7, 11) is 1.65. The van der Waals surface area contributed by atoms with Crippen LogP contribution in [0.3, 0.4) is 0 Å². The van der Waals surface area contributed by atoms with Gasteiger partial charge in [0.1, 0.15) is 17.1 Å². The van der Waals surface area contributed by atoms with Gasteiger partial charge in [-0.1, -0.05) is 6.07 Å². The molecule has 1 fully saturated rings. The molecule has 1 atom stereocenters. The first kappa shape index (κ1) is 13.7. The molecule has 0 aromatic heterocycles. The van der Waals surface area contributed by atoms with Gasteiger partial charge in [0.2, 0.25) is 0 Å². The normalized spacial score (nSPS) is 19.1. The third-order valence-electron chi connectivity index (χ3n) is 3.33. The lowest BCUT2D eigenvalue weighted by molar-refractivity contribution is -0.000294. The van der Waals surface area contributed by atoms with E-state index in [1.807, 2.05) is 0 Å². The molecule has 1 saturated heterocycles. The predicted molar refractivity (Wildman–Crippen MR) is 70.3 cm³/mol. The molecule has 1 amide bonds. The van der Waals surface area contributed by atoms with Crippen molar-refractivity contribution >= 4 is 5.91 Å². The molecule has 1 aliphatic rings. The van der Waals surface area contributed by atoms with E-state index < -0.39 is 5.91 Å². The van der Waals surface area contributed by atoms with Crippen molar-refractivity contribution in [2.24, 2.45) is 0 Å². The molecule has 0 spiro atoms. The number of hydrogen-bond acceptors (Lipinski definition) is 4. The third kappa shape index (κ3) is 3.17. The Bertz CT molecular complexity index is 435. The Balaban J connectivity index is 2.06. The topological polar surface area (TPSA) is 70.0 Å². The van der Waals surface area contributed by atoms with Crippen LogP contribution in [0.1, 0.15) is 29.6 Å². The molecule has 5 heteroatoms. The van der Waals surface area contributed by atoms with Crippen molar-refractivity contribution in [3.63, 3.8) is 0 Å². The first-order valence-corrected chi connectivity index (χ1v) is 6.47. The summed E-state index contributed by atoms with van der Waals surface area (Å²) < 4.78 is 5.58. The quantitative estimate of drug-likeness (QED) is 0.873. The number of likely N-dealkylation sites (N-methyl/N-ethyl adjacent to an activating group) is 1. The number of aromatic hydroxyl groups is 2. The van der Waals surface area contributed by atoms with Crippen molar-refractivity contribution in [2.75, 3.05) is 20.2 Å². The second-order valence-electron chi connectivity index (χ2n) is 4.85. The van der Waals surface area contributed by atoms with Crippen LogP contribution in [0.2, 0.25) is 0 Å². The molecule has 0 radical (unpaired) electrons. The first-order valence-electron chi connectivity index (χ1n) is 6.47. The Kier molecular flexibility index (Phi) is 4.27. The number of nitrogens with zero attached hydrogens (tertiary/aromatic N) is 1. The van der Waals surface area contributed by atoms with Gasteiger partial charge in [-0.15, -0.1) is 0 Å². The number of amides is 1. The van der Waals surface area contributed by atoms with Crippen LogP contribution in [0.15, 0.2) is 18.2 Å². The van der Waals surface area contributed by atoms with E-state index in [9.17, 15) is 15.0 Å². The first-order chi connectivity index (χ1) is 9.09. The second kappa shape index (κ2) is 5.93. The summed E-state index contributed by atoms with van der Waals surface area (Å²) in [6.07, 6.45) is 3.14. The standard InChI is InChI=1S/C14H19NO4/c1-15(9-10-5-2-3-8-19-10)14(18)13-11(16)6-4-7-12(13)17/h4,6-7,10,16-17H,2-3,5,8-9H2,1H3. The average Bonchev–Trinajstić information content (AvgIpc) is 2.39. The van der Waals surface area contributed by atoms with Crippen LogP contribution in [-0.4, -0.2) is 47.3 Å². The highest BCUT2D eigenvalue weighted by Crippen LogP contribution is 2.27. The van der Waals surface area contributed by atoms with Crippen LogP contribution < -0.4 is 0 Å². The highest BCUT2D eigenvalue weighted by atomic mass is 16.5. The largest absolute Gasteiger partial charge is 0.507 e. The van der Waals surface area contributed by atoms with Gasteiger partial charge in [-0.3, -0.25) is 4.79 Å². The fraction of sp³-hybridized carbons (Fsp3) is 0.500. The van der Waals surface area contributed by atoms with E-state index >= 15 is 0 Å². The van der Waals surface area contributed by atoms with Crippen LogP contribution >= 0.6 is 0 Å². The summed E-state index contributed by atoms with van der Waals surface area (Å²) in [5.41, 5.74) is -0.0548. The van der Waals surface area contributed by atoms with Crippen molar-refractivity contribution in [3.05, 3.63) is 23.8 Å². The van der Waals surface area contributed by atoms with Crippen LogP contribution in [0.25, 0.3) is 0 Å². The number of hydrogen-bond donors (Lipinski definition) is 2. The minimum atomic E-state index is -0.398. The molecule has 2 N–H and O–H groups in total. The van der Waals surface area contributed by atoms with Crippen molar-refractivity contribution in [3.8, 4) is 11.5 Å². The van der Waals surface area contributed by atoms with Crippen molar-refractivity contribution in [1.29, 1.82) is 0 Å². The number of phenols is 2. The molecule has 2 rings (SSSR count). The third-order valence-corrected chi connectivity index (χ3v) is 3.33. The van der Waals surface area contributed by atoms with Crippen molar-refractivity contribution in [1.82, 2.24) is 4.90 Å². The molecule has 1 aliphatic heterocycles. The summed E-state index contributed by atoms with van der Waals surface area (Å²) in [5, 5.41) is 19.4. The number of benzene rings is 1. The zero-order valence-electron chi connectivity index (χ0n) is 11.0. The van der Waals surface area contributed by atoms with Crippen LogP contribution in [-0.2, 0) is 4.74 Å². The van der Waals surface area contributed by atoms with Gasteiger partial charge in [-0.25, -0.2) is 0 Å². The van der Waals surface area contributed by atoms with Crippen LogP contribution in [0.4, 0.5) is 0 Å². The molecule has 1 heterocycles. The predicted octanol–water partition coefficient (Wildman–Crippen LogP) is 1.74. The lowest BCUT2D eigenvalue weighted by Gasteiger charge is -2.27. The molecule has 0 aliphatic carbocycles. The Morgan fingerprint density at radius 1 is 1.37 bits per heavy atom. The number of ether oxygens (including phenoxy) is 1. The maximum absolute atomic E-state index is 12.2. The molecule has 19 heavy (non-hydrogen) atoms. The number of rotatable bonds is 3. The van der Waals surface area contributed by atoms with E-state index in [0.29, 0.717) is 6.54 Å². The Labute approximate surface area is 112 Å². The summed E-state index contributed by atoms with van der Waals surface area (Å²) in [4.78, 5) is 13.7. The number of carbonyl (C=O) groups is 1. The van der Waals surface area contributed by atoms with Crippen LogP contribution in [0.5, 0.6) is 11.5 Å². The lowest BCUT2D eigenvalue weighted by atomic mass is 10.1. The highest BCUT2D eigenvalue weighted by molar-refractivity contribution is 5.99. The van der Waals surface area contributed by atoms with Gasteiger partial charge in [0, 0.05) is 20.2 Å². The van der Waals surface area contributed by atoms with E-state index in [-0.39, 0.29) is 23.2 Å². The molecule has 104 valence electrons. The Hall–Kier alpha value is -1.75. The summed E-state index contributed by atoms with van der Waals surface area (Å²) in [6.45, 7) is 1.20. The molecule has 5 nitrogen and oxygen atoms in total. The molecular weight excluding hydrogens is 246 g/mol. The molecule has 0 bridgehead atoms. The van der Waals surface area contributed by atoms with Crippen molar-refractivity contribution in [2.45, 2.75) is 25.4 Å². The Morgan fingerprint density at radius 2 is 2.05 bits per heavy atom. The summed E-state index contributed by atoms with van der Waals surface area (Å²) >= 11 is 0. The van der Waals surface area contributed by atoms with Gasteiger partial charge >= 0.3 is 0 Å². The van der Waals surface area contributed by atoms with Gasteiger partial charge in [-0.05, 0) is 31.4 Å². The van der Waals surface area contributed by atoms with Gasteiger partial charge in [-0.2, -0.15) is 0 Å². The van der Waals surface area contributed by atoms with Gasteiger partial charge < -0.3 is 19.8 Å². The van der Waals surface area contributed by atoms with Gasteiger partial charge in [0.25, 0.3) is 5.91 Å². The minimum absolute atomic E-state index is 0.0377. The van der Waals surface area contributed by atoms with E-state index in [0.717, 1.165) is 25.9 Å². The highest BCUT2D eigenvalue weighted by Gasteiger charge is 2.23. The zero-order valence-corrected chi connectivity index (χ0v) is 11.0. The number of phenolic OH excluding ortho intramolecular Hbond substituents is 2. The van der Waals surface area contributed by atoms with E-state index in [1.54, 1.807) is 7.05 Å². The average molecular weight is 265 g/mol. The Morgan fingerprint density at radius 3 is 2.63 bits per heavy atom. The lowest BCUT2D eigenvalue weighted by Crippen LogP contribution is -2.37. The molecule has 1 aromatic carbocycles.